The van der Waals surface area contributed by atoms with E-state index in [9.17, 15) is 5.11 Å². The first-order valence-corrected chi connectivity index (χ1v) is 8.39. The first kappa shape index (κ1) is 13.4. The summed E-state index contributed by atoms with van der Waals surface area (Å²) in [6, 6.07) is 2.59. The van der Waals surface area contributed by atoms with Crippen LogP contribution in [-0.2, 0) is 0 Å². The lowest BCUT2D eigenvalue weighted by Crippen LogP contribution is -2.41. The van der Waals surface area contributed by atoms with Crippen molar-refractivity contribution in [1.82, 2.24) is 5.32 Å². The van der Waals surface area contributed by atoms with E-state index in [0.717, 1.165) is 30.9 Å². The Morgan fingerprint density at radius 2 is 2.47 bits per heavy atom. The second-order valence-electron chi connectivity index (χ2n) is 4.81. The van der Waals surface area contributed by atoms with Gasteiger partial charge in [0.25, 0.3) is 0 Å². The lowest BCUT2D eigenvalue weighted by molar-refractivity contribution is 0.0641. The van der Waals surface area contributed by atoms with Crippen molar-refractivity contribution < 1.29 is 5.11 Å². The third-order valence-electron chi connectivity index (χ3n) is 3.28. The second-order valence-corrected chi connectivity index (χ2v) is 6.69. The largest absolute Gasteiger partial charge is 0.388 e. The quantitative estimate of drug-likeness (QED) is 0.834. The number of thioether (sulfide) groups is 1. The number of thiophene rings is 1. The number of hydrogen-bond acceptors (Lipinski definition) is 4. The monoisotopic (exact) mass is 271 g/mol. The van der Waals surface area contributed by atoms with Crippen molar-refractivity contribution in [2.45, 2.75) is 37.8 Å². The van der Waals surface area contributed by atoms with Crippen molar-refractivity contribution in [3.8, 4) is 0 Å². The molecule has 96 valence electrons. The summed E-state index contributed by atoms with van der Waals surface area (Å²) < 4.78 is 0. The van der Waals surface area contributed by atoms with Gasteiger partial charge in [0.05, 0.1) is 5.60 Å². The van der Waals surface area contributed by atoms with E-state index < -0.39 is 5.60 Å². The van der Waals surface area contributed by atoms with Crippen molar-refractivity contribution in [2.75, 3.05) is 18.1 Å². The molecule has 0 amide bonds. The number of aliphatic hydroxyl groups is 1. The fraction of sp³-hybridized carbons (Fsp3) is 0.692. The molecular formula is C13H21NOS2. The predicted octanol–water partition coefficient (Wildman–Crippen LogP) is 3.05. The molecule has 0 spiro atoms. The summed E-state index contributed by atoms with van der Waals surface area (Å²) in [6.45, 7) is 2.93. The summed E-state index contributed by atoms with van der Waals surface area (Å²) >= 11 is 3.60. The average molecular weight is 271 g/mol. The molecule has 2 atom stereocenters. The molecule has 0 unspecified atom stereocenters. The van der Waals surface area contributed by atoms with Gasteiger partial charge in [-0.1, -0.05) is 13.3 Å². The van der Waals surface area contributed by atoms with Gasteiger partial charge in [-0.3, -0.25) is 0 Å². The highest BCUT2D eigenvalue weighted by molar-refractivity contribution is 7.99. The molecule has 0 radical (unpaired) electrons. The molecule has 1 fully saturated rings. The Kier molecular flexibility index (Phi) is 4.91. The van der Waals surface area contributed by atoms with Crippen molar-refractivity contribution in [3.63, 3.8) is 0 Å². The Morgan fingerprint density at radius 1 is 1.59 bits per heavy atom. The van der Waals surface area contributed by atoms with Crippen LogP contribution in [-0.4, -0.2) is 28.8 Å². The lowest BCUT2D eigenvalue weighted by atomic mass is 10.0. The van der Waals surface area contributed by atoms with Crippen LogP contribution in [0.3, 0.4) is 0 Å². The van der Waals surface area contributed by atoms with Gasteiger partial charge < -0.3 is 10.4 Å². The zero-order valence-electron chi connectivity index (χ0n) is 10.3. The number of rotatable bonds is 6. The van der Waals surface area contributed by atoms with Crippen LogP contribution in [0.15, 0.2) is 16.8 Å². The van der Waals surface area contributed by atoms with Crippen molar-refractivity contribution in [2.24, 2.45) is 0 Å². The van der Waals surface area contributed by atoms with Crippen molar-refractivity contribution in [1.29, 1.82) is 0 Å². The minimum absolute atomic E-state index is 0.404. The van der Waals surface area contributed by atoms with Gasteiger partial charge in [0.2, 0.25) is 0 Å². The molecule has 1 aliphatic heterocycles. The highest BCUT2D eigenvalue weighted by Gasteiger charge is 2.32. The summed E-state index contributed by atoms with van der Waals surface area (Å²) in [5.41, 5.74) is 0.887. The van der Waals surface area contributed by atoms with Gasteiger partial charge in [-0.25, -0.2) is 0 Å². The zero-order chi connectivity index (χ0) is 12.1. The summed E-state index contributed by atoms with van der Waals surface area (Å²) in [7, 11) is 0. The van der Waals surface area contributed by atoms with Crippen LogP contribution in [0.1, 0.15) is 37.8 Å². The van der Waals surface area contributed by atoms with Gasteiger partial charge in [-0.15, -0.1) is 0 Å². The smallest absolute Gasteiger partial charge is 0.0869 e. The topological polar surface area (TPSA) is 32.3 Å². The van der Waals surface area contributed by atoms with Crippen molar-refractivity contribution in [3.05, 3.63) is 22.4 Å². The van der Waals surface area contributed by atoms with E-state index >= 15 is 0 Å². The van der Waals surface area contributed by atoms with E-state index in [0.29, 0.717) is 6.04 Å². The standard InChI is InChI=1S/C13H21NOS2/c1-2-3-12(11-4-6-16-8-11)14-9-13(15)5-7-17-10-13/h4,6,8,12,14-15H,2-3,5,7,9-10H2,1H3/t12-,13-/m1/s1. The first-order valence-electron chi connectivity index (χ1n) is 6.29. The van der Waals surface area contributed by atoms with Crippen LogP contribution in [0.25, 0.3) is 0 Å². The van der Waals surface area contributed by atoms with Crippen LogP contribution in [0.4, 0.5) is 0 Å². The molecule has 17 heavy (non-hydrogen) atoms. The fourth-order valence-electron chi connectivity index (χ4n) is 2.20. The maximum Gasteiger partial charge on any atom is 0.0869 e. The highest BCUT2D eigenvalue weighted by Crippen LogP contribution is 2.28. The first-order chi connectivity index (χ1) is 8.23. The molecule has 0 saturated carbocycles. The van der Waals surface area contributed by atoms with Gasteiger partial charge in [0.1, 0.15) is 0 Å². The molecule has 0 bridgehead atoms. The molecule has 2 heterocycles. The zero-order valence-corrected chi connectivity index (χ0v) is 11.9. The van der Waals surface area contributed by atoms with Gasteiger partial charge in [-0.05, 0) is 41.0 Å². The summed E-state index contributed by atoms with van der Waals surface area (Å²) in [4.78, 5) is 0. The number of nitrogens with one attached hydrogen (secondary N) is 1. The van der Waals surface area contributed by atoms with Crippen LogP contribution >= 0.6 is 23.1 Å². The Balaban J connectivity index is 1.89. The van der Waals surface area contributed by atoms with Gasteiger partial charge in [0, 0.05) is 18.3 Å². The van der Waals surface area contributed by atoms with Gasteiger partial charge >= 0.3 is 0 Å². The molecule has 0 aliphatic carbocycles. The summed E-state index contributed by atoms with van der Waals surface area (Å²) in [5, 5.41) is 18.2. The molecule has 2 rings (SSSR count). The highest BCUT2D eigenvalue weighted by atomic mass is 32.2. The van der Waals surface area contributed by atoms with Crippen LogP contribution in [0.5, 0.6) is 0 Å². The molecule has 1 aliphatic rings. The van der Waals surface area contributed by atoms with E-state index in [1.807, 2.05) is 11.8 Å². The minimum Gasteiger partial charge on any atom is -0.388 e. The summed E-state index contributed by atoms with van der Waals surface area (Å²) in [5.74, 6) is 1.97. The van der Waals surface area contributed by atoms with E-state index in [4.69, 9.17) is 0 Å². The Bertz CT molecular complexity index is 320. The van der Waals surface area contributed by atoms with E-state index in [1.54, 1.807) is 11.3 Å². The van der Waals surface area contributed by atoms with E-state index in [1.165, 1.54) is 12.0 Å². The third kappa shape index (κ3) is 3.71. The van der Waals surface area contributed by atoms with Gasteiger partial charge in [-0.2, -0.15) is 23.1 Å². The average Bonchev–Trinajstić information content (AvgIpc) is 2.96. The Morgan fingerprint density at radius 3 is 3.06 bits per heavy atom. The molecule has 0 aromatic carbocycles. The fourth-order valence-corrected chi connectivity index (χ4v) is 4.21. The van der Waals surface area contributed by atoms with Gasteiger partial charge in [0.15, 0.2) is 0 Å². The predicted molar refractivity (Wildman–Crippen MR) is 76.9 cm³/mol. The third-order valence-corrected chi connectivity index (χ3v) is 5.22. The maximum atomic E-state index is 10.3. The second kappa shape index (κ2) is 6.23. The SMILES string of the molecule is CCC[C@@H](NC[C@]1(O)CCSC1)c1ccsc1. The molecule has 1 saturated heterocycles. The minimum atomic E-state index is -0.479. The molecule has 4 heteroatoms. The molecule has 2 nitrogen and oxygen atoms in total. The Labute approximate surface area is 112 Å². The molecule has 1 aromatic rings. The van der Waals surface area contributed by atoms with Crippen LogP contribution < -0.4 is 5.32 Å². The Hall–Kier alpha value is -0.0300. The molecule has 2 N–H and O–H groups in total. The maximum absolute atomic E-state index is 10.3. The molecular weight excluding hydrogens is 250 g/mol. The summed E-state index contributed by atoms with van der Waals surface area (Å²) in [6.07, 6.45) is 3.23. The number of hydrogen-bond donors (Lipinski definition) is 2. The van der Waals surface area contributed by atoms with Crippen molar-refractivity contribution >= 4 is 23.1 Å². The van der Waals surface area contributed by atoms with Crippen LogP contribution in [0.2, 0.25) is 0 Å². The lowest BCUT2D eigenvalue weighted by Gasteiger charge is -2.26. The van der Waals surface area contributed by atoms with Crippen LogP contribution in [0, 0.1) is 0 Å². The normalized spacial score (nSPS) is 26.2. The van der Waals surface area contributed by atoms with E-state index in [-0.39, 0.29) is 0 Å². The van der Waals surface area contributed by atoms with E-state index in [2.05, 4.69) is 29.1 Å². The molecule has 1 aromatic heterocycles.